The van der Waals surface area contributed by atoms with Gasteiger partial charge in [0.05, 0.1) is 12.7 Å². The number of ether oxygens (including phenoxy) is 1. The van der Waals surface area contributed by atoms with Gasteiger partial charge in [-0.2, -0.15) is 0 Å². The first kappa shape index (κ1) is 20.5. The Bertz CT molecular complexity index is 1230. The van der Waals surface area contributed by atoms with E-state index in [1.165, 1.54) is 0 Å². The third kappa shape index (κ3) is 4.69. The zero-order chi connectivity index (χ0) is 21.6. The fourth-order valence-corrected chi connectivity index (χ4v) is 3.64. The smallest absolute Gasteiger partial charge is 0.258 e. The molecular formula is C25H25N3O3. The van der Waals surface area contributed by atoms with E-state index in [9.17, 15) is 9.59 Å². The second kappa shape index (κ2) is 9.34. The van der Waals surface area contributed by atoms with Gasteiger partial charge in [0.15, 0.2) is 0 Å². The molecule has 0 aliphatic carbocycles. The number of carbonyl (C=O) groups excluding carboxylic acids is 1. The molecule has 1 amide bonds. The van der Waals surface area contributed by atoms with Crippen molar-refractivity contribution >= 4 is 16.7 Å². The largest absolute Gasteiger partial charge is 0.497 e. The van der Waals surface area contributed by atoms with Crippen LogP contribution in [0.4, 0.5) is 0 Å². The molecule has 6 heteroatoms. The van der Waals surface area contributed by atoms with Crippen molar-refractivity contribution in [2.24, 2.45) is 0 Å². The molecule has 6 nitrogen and oxygen atoms in total. The lowest BCUT2D eigenvalue weighted by Gasteiger charge is -2.13. The van der Waals surface area contributed by atoms with Gasteiger partial charge in [-0.1, -0.05) is 30.3 Å². The zero-order valence-electron chi connectivity index (χ0n) is 17.5. The summed E-state index contributed by atoms with van der Waals surface area (Å²) in [4.78, 5) is 25.9. The van der Waals surface area contributed by atoms with E-state index in [1.807, 2.05) is 71.6 Å². The van der Waals surface area contributed by atoms with Gasteiger partial charge in [0.2, 0.25) is 0 Å². The van der Waals surface area contributed by atoms with Crippen molar-refractivity contribution in [1.29, 1.82) is 0 Å². The number of amides is 1. The summed E-state index contributed by atoms with van der Waals surface area (Å²) in [5, 5.41) is 4.20. The number of rotatable bonds is 8. The molecule has 2 aromatic heterocycles. The quantitative estimate of drug-likeness (QED) is 0.479. The maximum Gasteiger partial charge on any atom is 0.258 e. The lowest BCUT2D eigenvalue weighted by molar-refractivity contribution is 0.0953. The van der Waals surface area contributed by atoms with Crippen LogP contribution in [0.5, 0.6) is 5.75 Å². The Hall–Kier alpha value is -3.80. The Kier molecular flexibility index (Phi) is 6.17. The number of fused-ring (bicyclic) bond motifs is 1. The standard InChI is InChI=1S/C25H25N3O3/c1-31-20-10-8-19(9-11-20)12-16-28-18-23(21-6-2-3-7-22(21)25(28)30)24(29)26-13-17-27-14-4-5-15-27/h2-11,14-15,18H,12-13,16-17H2,1H3,(H,26,29). The van der Waals surface area contributed by atoms with Crippen molar-refractivity contribution < 1.29 is 9.53 Å². The summed E-state index contributed by atoms with van der Waals surface area (Å²) in [6.45, 7) is 1.68. The number of pyridine rings is 1. The van der Waals surface area contributed by atoms with E-state index < -0.39 is 0 Å². The molecule has 31 heavy (non-hydrogen) atoms. The van der Waals surface area contributed by atoms with E-state index in [-0.39, 0.29) is 11.5 Å². The minimum atomic E-state index is -0.179. The molecule has 158 valence electrons. The van der Waals surface area contributed by atoms with Gasteiger partial charge in [-0.25, -0.2) is 0 Å². The predicted molar refractivity (Wildman–Crippen MR) is 122 cm³/mol. The summed E-state index contributed by atoms with van der Waals surface area (Å²) in [6.07, 6.45) is 6.28. The topological polar surface area (TPSA) is 65.3 Å². The molecule has 0 saturated carbocycles. The summed E-state index contributed by atoms with van der Waals surface area (Å²) in [7, 11) is 1.63. The van der Waals surface area contributed by atoms with Gasteiger partial charge in [-0.05, 0) is 42.3 Å². The molecular weight excluding hydrogens is 390 g/mol. The molecule has 0 fully saturated rings. The summed E-state index contributed by atoms with van der Waals surface area (Å²) in [5.74, 6) is 0.618. The highest BCUT2D eigenvalue weighted by Gasteiger charge is 2.14. The molecule has 0 radical (unpaired) electrons. The molecule has 0 saturated heterocycles. The van der Waals surface area contributed by atoms with E-state index in [4.69, 9.17) is 4.74 Å². The second-order valence-electron chi connectivity index (χ2n) is 7.36. The fraction of sp³-hybridized carbons (Fsp3) is 0.200. The van der Waals surface area contributed by atoms with Gasteiger partial charge in [-0.3, -0.25) is 9.59 Å². The van der Waals surface area contributed by atoms with Gasteiger partial charge < -0.3 is 19.2 Å². The van der Waals surface area contributed by atoms with Crippen LogP contribution in [-0.2, 0) is 19.5 Å². The van der Waals surface area contributed by atoms with Crippen LogP contribution in [0.25, 0.3) is 10.8 Å². The highest BCUT2D eigenvalue weighted by molar-refractivity contribution is 6.06. The molecule has 4 aromatic rings. The normalized spacial score (nSPS) is 10.9. The number of aryl methyl sites for hydroxylation is 2. The van der Waals surface area contributed by atoms with Gasteiger partial charge in [0.25, 0.3) is 11.5 Å². The van der Waals surface area contributed by atoms with Gasteiger partial charge >= 0.3 is 0 Å². The molecule has 0 bridgehead atoms. The Balaban J connectivity index is 1.56. The van der Waals surface area contributed by atoms with Crippen LogP contribution in [0.2, 0.25) is 0 Å². The van der Waals surface area contributed by atoms with Crippen molar-refractivity contribution in [3.8, 4) is 5.75 Å². The lowest BCUT2D eigenvalue weighted by atomic mass is 10.1. The molecule has 0 aliphatic rings. The number of nitrogens with zero attached hydrogens (tertiary/aromatic N) is 2. The third-order valence-electron chi connectivity index (χ3n) is 5.36. The van der Waals surface area contributed by atoms with E-state index in [0.29, 0.717) is 42.4 Å². The Labute approximate surface area is 180 Å². The van der Waals surface area contributed by atoms with Crippen LogP contribution < -0.4 is 15.6 Å². The maximum atomic E-state index is 13.0. The average Bonchev–Trinajstić information content (AvgIpc) is 3.32. The minimum Gasteiger partial charge on any atom is -0.497 e. The van der Waals surface area contributed by atoms with E-state index in [0.717, 1.165) is 11.3 Å². The summed E-state index contributed by atoms with van der Waals surface area (Å²) < 4.78 is 8.84. The first-order chi connectivity index (χ1) is 15.2. The van der Waals surface area contributed by atoms with Crippen molar-refractivity contribution in [3.05, 3.63) is 101 Å². The van der Waals surface area contributed by atoms with E-state index in [1.54, 1.807) is 23.9 Å². The Morgan fingerprint density at radius 2 is 1.65 bits per heavy atom. The van der Waals surface area contributed by atoms with Crippen molar-refractivity contribution in [3.63, 3.8) is 0 Å². The fourth-order valence-electron chi connectivity index (χ4n) is 3.64. The summed E-state index contributed by atoms with van der Waals surface area (Å²) >= 11 is 0. The van der Waals surface area contributed by atoms with Crippen LogP contribution >= 0.6 is 0 Å². The molecule has 0 aliphatic heterocycles. The van der Waals surface area contributed by atoms with Crippen LogP contribution in [0.3, 0.4) is 0 Å². The molecule has 0 atom stereocenters. The zero-order valence-corrected chi connectivity index (χ0v) is 17.5. The van der Waals surface area contributed by atoms with Crippen LogP contribution in [-0.4, -0.2) is 28.7 Å². The molecule has 1 N–H and O–H groups in total. The first-order valence-electron chi connectivity index (χ1n) is 10.3. The monoisotopic (exact) mass is 415 g/mol. The van der Waals surface area contributed by atoms with E-state index in [2.05, 4.69) is 5.32 Å². The van der Waals surface area contributed by atoms with Crippen molar-refractivity contribution in [1.82, 2.24) is 14.5 Å². The highest BCUT2D eigenvalue weighted by atomic mass is 16.5. The van der Waals surface area contributed by atoms with Crippen LogP contribution in [0.15, 0.2) is 84.0 Å². The number of benzene rings is 2. The maximum absolute atomic E-state index is 13.0. The second-order valence-corrected chi connectivity index (χ2v) is 7.36. The van der Waals surface area contributed by atoms with Crippen LogP contribution in [0.1, 0.15) is 15.9 Å². The van der Waals surface area contributed by atoms with Gasteiger partial charge in [0, 0.05) is 49.0 Å². The molecule has 2 aromatic carbocycles. The number of hydrogen-bond donors (Lipinski definition) is 1. The molecule has 0 spiro atoms. The number of carbonyl (C=O) groups is 1. The minimum absolute atomic E-state index is 0.0898. The highest BCUT2D eigenvalue weighted by Crippen LogP contribution is 2.16. The number of aromatic nitrogens is 2. The SMILES string of the molecule is COc1ccc(CCn2cc(C(=O)NCCn3cccc3)c3ccccc3c2=O)cc1. The molecule has 2 heterocycles. The Morgan fingerprint density at radius 1 is 0.935 bits per heavy atom. The number of hydrogen-bond acceptors (Lipinski definition) is 3. The lowest BCUT2D eigenvalue weighted by Crippen LogP contribution is -2.30. The number of methoxy groups -OCH3 is 1. The van der Waals surface area contributed by atoms with Crippen molar-refractivity contribution in [2.75, 3.05) is 13.7 Å². The van der Waals surface area contributed by atoms with E-state index >= 15 is 0 Å². The Morgan fingerprint density at radius 3 is 2.35 bits per heavy atom. The van der Waals surface area contributed by atoms with Gasteiger partial charge in [-0.15, -0.1) is 0 Å². The van der Waals surface area contributed by atoms with Gasteiger partial charge in [0.1, 0.15) is 5.75 Å². The summed E-state index contributed by atoms with van der Waals surface area (Å²) in [6, 6.07) is 19.0. The predicted octanol–water partition coefficient (Wildman–Crippen LogP) is 3.48. The van der Waals surface area contributed by atoms with Crippen molar-refractivity contribution in [2.45, 2.75) is 19.5 Å². The first-order valence-corrected chi connectivity index (χ1v) is 10.3. The third-order valence-corrected chi connectivity index (χ3v) is 5.36. The molecule has 4 rings (SSSR count). The average molecular weight is 415 g/mol. The molecule has 0 unspecified atom stereocenters. The van der Waals surface area contributed by atoms with Crippen LogP contribution in [0, 0.1) is 0 Å². The summed E-state index contributed by atoms with van der Waals surface area (Å²) in [5.41, 5.74) is 1.52. The number of nitrogens with one attached hydrogen (secondary N) is 1.